The van der Waals surface area contributed by atoms with Gasteiger partial charge in [0.2, 0.25) is 0 Å². The summed E-state index contributed by atoms with van der Waals surface area (Å²) in [6.45, 7) is 4.53. The van der Waals surface area contributed by atoms with Crippen molar-refractivity contribution in [2.45, 2.75) is 39.7 Å². The first-order valence-electron chi connectivity index (χ1n) is 9.94. The minimum atomic E-state index is -0.441. The molecule has 0 fully saturated rings. The molecule has 0 unspecified atom stereocenters. The van der Waals surface area contributed by atoms with Crippen molar-refractivity contribution < 1.29 is 4.79 Å². The highest BCUT2D eigenvalue weighted by atomic mass is 35.5. The van der Waals surface area contributed by atoms with Crippen LogP contribution in [0.5, 0.6) is 0 Å². The molecule has 3 rings (SSSR count). The van der Waals surface area contributed by atoms with Crippen LogP contribution >= 0.6 is 23.2 Å². The van der Waals surface area contributed by atoms with Crippen LogP contribution in [0.15, 0.2) is 59.4 Å². The van der Waals surface area contributed by atoms with Crippen LogP contribution in [0.2, 0.25) is 10.0 Å². The third-order valence-electron chi connectivity index (χ3n) is 5.00. The zero-order valence-electron chi connectivity index (χ0n) is 17.0. The van der Waals surface area contributed by atoms with Crippen LogP contribution < -0.4 is 10.7 Å². The fraction of sp³-hybridized carbons (Fsp3) is 0.250. The second kappa shape index (κ2) is 9.96. The second-order valence-electron chi connectivity index (χ2n) is 7.22. The minimum Gasteiger partial charge on any atom is -0.343 e. The molecular formula is C24H24Cl2N2O2. The summed E-state index contributed by atoms with van der Waals surface area (Å²) < 4.78 is 2.04. The van der Waals surface area contributed by atoms with Crippen LogP contribution in [-0.2, 0) is 13.0 Å². The van der Waals surface area contributed by atoms with E-state index in [4.69, 9.17) is 23.2 Å². The lowest BCUT2D eigenvalue weighted by atomic mass is 10.0. The molecule has 0 bridgehead atoms. The van der Waals surface area contributed by atoms with Gasteiger partial charge >= 0.3 is 0 Å². The van der Waals surface area contributed by atoms with Crippen molar-refractivity contribution in [1.82, 2.24) is 4.57 Å². The number of carbonyl (C=O) groups is 1. The molecule has 0 aliphatic rings. The number of hydrogen-bond donors (Lipinski definition) is 1. The number of para-hydroxylation sites is 1. The second-order valence-corrected chi connectivity index (χ2v) is 8.07. The molecule has 0 saturated heterocycles. The first kappa shape index (κ1) is 22.1. The van der Waals surface area contributed by atoms with E-state index in [0.717, 1.165) is 29.8 Å². The molecule has 1 aromatic heterocycles. The van der Waals surface area contributed by atoms with Gasteiger partial charge < -0.3 is 9.88 Å². The number of benzene rings is 2. The van der Waals surface area contributed by atoms with E-state index in [1.165, 1.54) is 6.07 Å². The third-order valence-corrected chi connectivity index (χ3v) is 5.58. The zero-order chi connectivity index (χ0) is 21.7. The monoisotopic (exact) mass is 442 g/mol. The zero-order valence-corrected chi connectivity index (χ0v) is 18.6. The SMILES string of the molecule is CCCCc1c(C(=O)Nc2ccccc2Cl)c(=O)cc(C)n1Cc1ccc(Cl)cc1. The number of pyridine rings is 1. The first-order chi connectivity index (χ1) is 14.4. The summed E-state index contributed by atoms with van der Waals surface area (Å²) >= 11 is 12.2. The Morgan fingerprint density at radius 3 is 2.43 bits per heavy atom. The van der Waals surface area contributed by atoms with Gasteiger partial charge in [0, 0.05) is 29.0 Å². The molecule has 3 aromatic rings. The van der Waals surface area contributed by atoms with Crippen molar-refractivity contribution in [2.75, 3.05) is 5.32 Å². The summed E-state index contributed by atoms with van der Waals surface area (Å²) in [7, 11) is 0. The molecule has 2 aromatic carbocycles. The quantitative estimate of drug-likeness (QED) is 0.479. The summed E-state index contributed by atoms with van der Waals surface area (Å²) in [4.78, 5) is 26.0. The largest absolute Gasteiger partial charge is 0.343 e. The van der Waals surface area contributed by atoms with Gasteiger partial charge in [0.15, 0.2) is 5.43 Å². The number of aromatic nitrogens is 1. The van der Waals surface area contributed by atoms with Gasteiger partial charge in [-0.3, -0.25) is 9.59 Å². The van der Waals surface area contributed by atoms with Crippen molar-refractivity contribution in [3.8, 4) is 0 Å². The van der Waals surface area contributed by atoms with Crippen molar-refractivity contribution in [3.05, 3.63) is 97.4 Å². The lowest BCUT2D eigenvalue weighted by Gasteiger charge is -2.20. The first-order valence-corrected chi connectivity index (χ1v) is 10.7. The van der Waals surface area contributed by atoms with E-state index in [1.54, 1.807) is 24.3 Å². The van der Waals surface area contributed by atoms with Gasteiger partial charge in [0.05, 0.1) is 10.7 Å². The van der Waals surface area contributed by atoms with Crippen LogP contribution in [0, 0.1) is 6.92 Å². The molecule has 156 valence electrons. The number of rotatable bonds is 7. The molecule has 0 saturated carbocycles. The number of anilines is 1. The Kier molecular flexibility index (Phi) is 7.35. The molecule has 0 atom stereocenters. The Balaban J connectivity index is 2.06. The Hall–Kier alpha value is -2.56. The average Bonchev–Trinajstić information content (AvgIpc) is 2.71. The lowest BCUT2D eigenvalue weighted by molar-refractivity contribution is 0.102. The molecule has 1 heterocycles. The highest BCUT2D eigenvalue weighted by molar-refractivity contribution is 6.34. The normalized spacial score (nSPS) is 10.8. The van der Waals surface area contributed by atoms with E-state index >= 15 is 0 Å². The van der Waals surface area contributed by atoms with E-state index in [0.29, 0.717) is 28.7 Å². The number of halogens is 2. The van der Waals surface area contributed by atoms with E-state index in [1.807, 2.05) is 35.8 Å². The molecule has 30 heavy (non-hydrogen) atoms. The number of unbranched alkanes of at least 4 members (excludes halogenated alkanes) is 1. The predicted octanol–water partition coefficient (Wildman–Crippen LogP) is 6.11. The van der Waals surface area contributed by atoms with Crippen molar-refractivity contribution in [1.29, 1.82) is 0 Å². The molecule has 1 amide bonds. The Labute approximate surface area is 186 Å². The van der Waals surface area contributed by atoms with Gasteiger partial charge in [-0.25, -0.2) is 0 Å². The maximum atomic E-state index is 13.1. The Morgan fingerprint density at radius 2 is 1.77 bits per heavy atom. The van der Waals surface area contributed by atoms with E-state index in [9.17, 15) is 9.59 Å². The Bertz CT molecular complexity index is 1110. The van der Waals surface area contributed by atoms with E-state index in [2.05, 4.69) is 12.2 Å². The standard InChI is InChI=1S/C24H24Cl2N2O2/c1-3-4-9-21-23(24(30)27-20-8-6-5-7-19(20)26)22(29)14-16(2)28(21)15-17-10-12-18(25)13-11-17/h5-8,10-14H,3-4,9,15H2,1-2H3,(H,27,30). The van der Waals surface area contributed by atoms with E-state index in [-0.39, 0.29) is 11.0 Å². The molecule has 4 nitrogen and oxygen atoms in total. The molecule has 0 aliphatic heterocycles. The Morgan fingerprint density at radius 1 is 1.07 bits per heavy atom. The van der Waals surface area contributed by atoms with Gasteiger partial charge in [-0.15, -0.1) is 0 Å². The highest BCUT2D eigenvalue weighted by Crippen LogP contribution is 2.22. The van der Waals surface area contributed by atoms with Crippen LogP contribution in [0.4, 0.5) is 5.69 Å². The maximum absolute atomic E-state index is 13.1. The minimum absolute atomic E-state index is 0.169. The summed E-state index contributed by atoms with van der Waals surface area (Å²) in [5, 5.41) is 3.89. The fourth-order valence-corrected chi connectivity index (χ4v) is 3.73. The van der Waals surface area contributed by atoms with Gasteiger partial charge in [0.25, 0.3) is 5.91 Å². The summed E-state index contributed by atoms with van der Waals surface area (Å²) in [6, 6.07) is 16.1. The number of carbonyl (C=O) groups excluding carboxylic acids is 1. The summed E-state index contributed by atoms with van der Waals surface area (Å²) in [6.07, 6.45) is 2.46. The highest BCUT2D eigenvalue weighted by Gasteiger charge is 2.21. The van der Waals surface area contributed by atoms with Gasteiger partial charge in [-0.05, 0) is 49.6 Å². The summed E-state index contributed by atoms with van der Waals surface area (Å²) in [5.74, 6) is -0.441. The van der Waals surface area contributed by atoms with Gasteiger partial charge in [0.1, 0.15) is 5.56 Å². The number of nitrogens with one attached hydrogen (secondary N) is 1. The topological polar surface area (TPSA) is 51.1 Å². The van der Waals surface area contributed by atoms with Gasteiger partial charge in [-0.2, -0.15) is 0 Å². The van der Waals surface area contributed by atoms with Gasteiger partial charge in [-0.1, -0.05) is 60.8 Å². The van der Waals surface area contributed by atoms with Crippen LogP contribution in [0.1, 0.15) is 47.1 Å². The van der Waals surface area contributed by atoms with Crippen LogP contribution in [0.25, 0.3) is 0 Å². The predicted molar refractivity (Wildman–Crippen MR) is 124 cm³/mol. The van der Waals surface area contributed by atoms with Crippen molar-refractivity contribution in [3.63, 3.8) is 0 Å². The molecule has 1 N–H and O–H groups in total. The van der Waals surface area contributed by atoms with Crippen molar-refractivity contribution >= 4 is 34.8 Å². The van der Waals surface area contributed by atoms with E-state index < -0.39 is 5.91 Å². The maximum Gasteiger partial charge on any atom is 0.261 e. The number of aryl methyl sites for hydroxylation is 1. The smallest absolute Gasteiger partial charge is 0.261 e. The number of nitrogens with zero attached hydrogens (tertiary/aromatic N) is 1. The number of amides is 1. The molecule has 0 aliphatic carbocycles. The molecular weight excluding hydrogens is 419 g/mol. The molecule has 6 heteroatoms. The average molecular weight is 443 g/mol. The summed E-state index contributed by atoms with van der Waals surface area (Å²) in [5.41, 5.74) is 2.96. The fourth-order valence-electron chi connectivity index (χ4n) is 3.42. The van der Waals surface area contributed by atoms with Crippen molar-refractivity contribution in [2.24, 2.45) is 0 Å². The third kappa shape index (κ3) is 5.13. The van der Waals surface area contributed by atoms with Crippen LogP contribution in [-0.4, -0.2) is 10.5 Å². The molecule has 0 radical (unpaired) electrons. The molecule has 0 spiro atoms. The van der Waals surface area contributed by atoms with Crippen LogP contribution in [0.3, 0.4) is 0 Å². The lowest BCUT2D eigenvalue weighted by Crippen LogP contribution is -2.28. The number of hydrogen-bond acceptors (Lipinski definition) is 2.